The number of carbonyl (C=O) groups is 1. The molecule has 18 heavy (non-hydrogen) atoms. The van der Waals surface area contributed by atoms with E-state index in [2.05, 4.69) is 16.8 Å². The smallest absolute Gasteiger partial charge is 0.220 e. The van der Waals surface area contributed by atoms with E-state index in [1.807, 2.05) is 13.0 Å². The van der Waals surface area contributed by atoms with Gasteiger partial charge in [-0.25, -0.2) is 0 Å². The van der Waals surface area contributed by atoms with Crippen LogP contribution < -0.4 is 5.32 Å². The Balaban J connectivity index is 2.14. The van der Waals surface area contributed by atoms with Crippen LogP contribution in [0.2, 0.25) is 0 Å². The van der Waals surface area contributed by atoms with Crippen LogP contribution in [-0.2, 0) is 11.2 Å². The summed E-state index contributed by atoms with van der Waals surface area (Å²) in [5.74, 6) is 0.0305. The molecule has 1 aromatic heterocycles. The number of carbonyl (C=O) groups excluding carboxylic acids is 1. The Morgan fingerprint density at radius 1 is 1.56 bits per heavy atom. The van der Waals surface area contributed by atoms with E-state index >= 15 is 0 Å². The zero-order valence-corrected chi connectivity index (χ0v) is 12.1. The van der Waals surface area contributed by atoms with Crippen molar-refractivity contribution in [2.75, 3.05) is 6.54 Å². The summed E-state index contributed by atoms with van der Waals surface area (Å²) in [7, 11) is 0. The molecule has 0 aliphatic carbocycles. The Kier molecular flexibility index (Phi) is 6.36. The zero-order valence-electron chi connectivity index (χ0n) is 11.2. The van der Waals surface area contributed by atoms with Gasteiger partial charge in [0, 0.05) is 17.8 Å². The van der Waals surface area contributed by atoms with Crippen molar-refractivity contribution in [3.63, 3.8) is 0 Å². The van der Waals surface area contributed by atoms with Crippen LogP contribution in [-0.4, -0.2) is 23.2 Å². The first-order valence-electron chi connectivity index (χ1n) is 6.55. The Morgan fingerprint density at radius 2 is 2.33 bits per heavy atom. The van der Waals surface area contributed by atoms with E-state index in [4.69, 9.17) is 0 Å². The normalized spacial score (nSPS) is 14.2. The predicted molar refractivity (Wildman–Crippen MR) is 75.8 cm³/mol. The van der Waals surface area contributed by atoms with Crippen LogP contribution in [0.3, 0.4) is 0 Å². The highest BCUT2D eigenvalue weighted by Gasteiger charge is 2.19. The molecule has 0 spiro atoms. The van der Waals surface area contributed by atoms with Crippen LogP contribution in [0.4, 0.5) is 0 Å². The van der Waals surface area contributed by atoms with E-state index < -0.39 is 5.60 Å². The van der Waals surface area contributed by atoms with Gasteiger partial charge >= 0.3 is 0 Å². The molecule has 0 aromatic carbocycles. The summed E-state index contributed by atoms with van der Waals surface area (Å²) in [6.07, 6.45) is 3.97. The second kappa shape index (κ2) is 7.54. The Hall–Kier alpha value is -0.870. The summed E-state index contributed by atoms with van der Waals surface area (Å²) in [6.45, 7) is 4.14. The second-order valence-corrected chi connectivity index (χ2v) is 5.99. The van der Waals surface area contributed by atoms with Crippen LogP contribution in [0.1, 0.15) is 44.4 Å². The lowest BCUT2D eigenvalue weighted by Crippen LogP contribution is -2.40. The Labute approximate surface area is 113 Å². The van der Waals surface area contributed by atoms with Gasteiger partial charge in [0.15, 0.2) is 0 Å². The fourth-order valence-corrected chi connectivity index (χ4v) is 2.63. The van der Waals surface area contributed by atoms with E-state index in [0.717, 1.165) is 19.3 Å². The number of hydrogen-bond donors (Lipinski definition) is 2. The molecule has 2 N–H and O–H groups in total. The first kappa shape index (κ1) is 15.2. The van der Waals surface area contributed by atoms with Gasteiger partial charge in [0.2, 0.25) is 5.91 Å². The largest absolute Gasteiger partial charge is 0.388 e. The molecule has 0 aliphatic rings. The molecule has 0 aliphatic heterocycles. The summed E-state index contributed by atoms with van der Waals surface area (Å²) < 4.78 is 0. The summed E-state index contributed by atoms with van der Waals surface area (Å²) in [5.41, 5.74) is -0.780. The molecule has 102 valence electrons. The van der Waals surface area contributed by atoms with Crippen LogP contribution in [0.25, 0.3) is 0 Å². The van der Waals surface area contributed by atoms with E-state index in [9.17, 15) is 9.90 Å². The maximum atomic E-state index is 11.6. The highest BCUT2D eigenvalue weighted by molar-refractivity contribution is 7.09. The summed E-state index contributed by atoms with van der Waals surface area (Å²) >= 11 is 1.73. The lowest BCUT2D eigenvalue weighted by Gasteiger charge is -2.22. The van der Waals surface area contributed by atoms with Gasteiger partial charge in [-0.1, -0.05) is 19.4 Å². The lowest BCUT2D eigenvalue weighted by molar-refractivity contribution is -0.122. The molecule has 0 saturated carbocycles. The van der Waals surface area contributed by atoms with Gasteiger partial charge in [-0.3, -0.25) is 4.79 Å². The van der Waals surface area contributed by atoms with E-state index in [-0.39, 0.29) is 5.91 Å². The zero-order chi connectivity index (χ0) is 13.4. The average Bonchev–Trinajstić information content (AvgIpc) is 2.79. The topological polar surface area (TPSA) is 49.3 Å². The first-order valence-corrected chi connectivity index (χ1v) is 7.43. The number of thiophene rings is 1. The third kappa shape index (κ3) is 6.17. The van der Waals surface area contributed by atoms with Crippen molar-refractivity contribution in [1.82, 2.24) is 5.32 Å². The standard InChI is InChI=1S/C14H23NO2S/c1-3-9-14(2,17)11-15-13(16)8-4-6-12-7-5-10-18-12/h5,7,10,17H,3-4,6,8-9,11H2,1-2H3,(H,15,16). The van der Waals surface area contributed by atoms with Gasteiger partial charge in [-0.15, -0.1) is 11.3 Å². The van der Waals surface area contributed by atoms with Crippen LogP contribution in [0, 0.1) is 0 Å². The molecule has 1 heterocycles. The number of amides is 1. The highest BCUT2D eigenvalue weighted by Crippen LogP contribution is 2.12. The number of nitrogens with one attached hydrogen (secondary N) is 1. The predicted octanol–water partition coefficient (Wildman–Crippen LogP) is 2.74. The van der Waals surface area contributed by atoms with Gasteiger partial charge in [-0.2, -0.15) is 0 Å². The molecule has 0 radical (unpaired) electrons. The SMILES string of the molecule is CCCC(C)(O)CNC(=O)CCCc1cccs1. The number of aliphatic hydroxyl groups is 1. The summed E-state index contributed by atoms with van der Waals surface area (Å²) in [4.78, 5) is 12.9. The van der Waals surface area contributed by atoms with Crippen LogP contribution in [0.15, 0.2) is 17.5 Å². The maximum Gasteiger partial charge on any atom is 0.220 e. The quantitative estimate of drug-likeness (QED) is 0.762. The molecule has 1 rings (SSSR count). The lowest BCUT2D eigenvalue weighted by atomic mass is 10.0. The van der Waals surface area contributed by atoms with E-state index in [0.29, 0.717) is 19.4 Å². The van der Waals surface area contributed by atoms with E-state index in [1.165, 1.54) is 4.88 Å². The van der Waals surface area contributed by atoms with E-state index in [1.54, 1.807) is 18.3 Å². The molecule has 4 heteroatoms. The number of aryl methyl sites for hydroxylation is 1. The van der Waals surface area contributed by atoms with Crippen molar-refractivity contribution in [3.05, 3.63) is 22.4 Å². The van der Waals surface area contributed by atoms with Crippen LogP contribution in [0.5, 0.6) is 0 Å². The molecule has 1 atom stereocenters. The number of rotatable bonds is 8. The van der Waals surface area contributed by atoms with Gasteiger partial charge in [0.25, 0.3) is 0 Å². The van der Waals surface area contributed by atoms with Gasteiger partial charge in [0.05, 0.1) is 5.60 Å². The third-order valence-electron chi connectivity index (χ3n) is 2.86. The fraction of sp³-hybridized carbons (Fsp3) is 0.643. The molecule has 0 bridgehead atoms. The fourth-order valence-electron chi connectivity index (χ4n) is 1.88. The first-order chi connectivity index (χ1) is 8.53. The molecule has 1 unspecified atom stereocenters. The minimum atomic E-state index is -0.780. The molecule has 1 aromatic rings. The van der Waals surface area contributed by atoms with Crippen molar-refractivity contribution in [1.29, 1.82) is 0 Å². The summed E-state index contributed by atoms with van der Waals surface area (Å²) in [6, 6.07) is 4.12. The minimum Gasteiger partial charge on any atom is -0.388 e. The third-order valence-corrected chi connectivity index (χ3v) is 3.80. The molecular formula is C14H23NO2S. The van der Waals surface area contributed by atoms with Crippen molar-refractivity contribution >= 4 is 17.2 Å². The van der Waals surface area contributed by atoms with Crippen molar-refractivity contribution in [2.45, 2.75) is 51.6 Å². The molecule has 0 fully saturated rings. The molecule has 3 nitrogen and oxygen atoms in total. The minimum absolute atomic E-state index is 0.0305. The number of hydrogen-bond acceptors (Lipinski definition) is 3. The van der Waals surface area contributed by atoms with Crippen molar-refractivity contribution < 1.29 is 9.90 Å². The molecular weight excluding hydrogens is 246 g/mol. The monoisotopic (exact) mass is 269 g/mol. The Morgan fingerprint density at radius 3 is 2.94 bits per heavy atom. The van der Waals surface area contributed by atoms with Gasteiger partial charge in [-0.05, 0) is 37.6 Å². The maximum absolute atomic E-state index is 11.6. The van der Waals surface area contributed by atoms with Crippen LogP contribution >= 0.6 is 11.3 Å². The van der Waals surface area contributed by atoms with Gasteiger partial charge in [0.1, 0.15) is 0 Å². The summed E-state index contributed by atoms with van der Waals surface area (Å²) in [5, 5.41) is 14.8. The molecule has 1 amide bonds. The molecule has 0 saturated heterocycles. The van der Waals surface area contributed by atoms with Crippen molar-refractivity contribution in [3.8, 4) is 0 Å². The Bertz CT molecular complexity index is 347. The van der Waals surface area contributed by atoms with Crippen molar-refractivity contribution in [2.24, 2.45) is 0 Å². The average molecular weight is 269 g/mol. The highest BCUT2D eigenvalue weighted by atomic mass is 32.1. The second-order valence-electron chi connectivity index (χ2n) is 4.96. The van der Waals surface area contributed by atoms with Gasteiger partial charge < -0.3 is 10.4 Å².